The molecule has 1 unspecified atom stereocenters. The highest BCUT2D eigenvalue weighted by atomic mass is 19.4. The number of nitrogens with zero attached hydrogens (tertiary/aromatic N) is 3. The van der Waals surface area contributed by atoms with Crippen LogP contribution in [-0.4, -0.2) is 41.4 Å². The maximum Gasteiger partial charge on any atom is 0.425 e. The summed E-state index contributed by atoms with van der Waals surface area (Å²) in [5.41, 5.74) is 0. The summed E-state index contributed by atoms with van der Waals surface area (Å²) in [5, 5.41) is 2.55. The molecule has 9 heteroatoms. The third-order valence-electron chi connectivity index (χ3n) is 1.74. The first-order valence-electron chi connectivity index (χ1n) is 4.58. The SMILES string of the molecule is CNc1nc(OC)nc(OC(C)C(F)(F)F)n1. The standard InChI is InChI=1S/C8H11F3N4O2/c1-4(8(9,10)11)17-7-14-5(12-2)13-6(15-7)16-3/h4H,1-3H3,(H,12,13,14,15). The first kappa shape index (κ1) is 13.3. The zero-order valence-electron chi connectivity index (χ0n) is 9.37. The van der Waals surface area contributed by atoms with Gasteiger partial charge in [-0.2, -0.15) is 23.1 Å². The number of methoxy groups -OCH3 is 1. The summed E-state index contributed by atoms with van der Waals surface area (Å²) in [6.45, 7) is 0.856. The number of alkyl halides is 3. The fraction of sp³-hybridized carbons (Fsp3) is 0.625. The lowest BCUT2D eigenvalue weighted by Gasteiger charge is -2.16. The molecule has 96 valence electrons. The number of nitrogens with one attached hydrogen (secondary N) is 1. The van der Waals surface area contributed by atoms with Crippen LogP contribution in [0.4, 0.5) is 19.1 Å². The van der Waals surface area contributed by atoms with Gasteiger partial charge >= 0.3 is 18.2 Å². The molecule has 0 saturated carbocycles. The first-order valence-corrected chi connectivity index (χ1v) is 4.58. The van der Waals surface area contributed by atoms with E-state index in [-0.39, 0.29) is 12.0 Å². The number of rotatable bonds is 4. The number of hydrogen-bond acceptors (Lipinski definition) is 6. The van der Waals surface area contributed by atoms with Crippen molar-refractivity contribution in [2.75, 3.05) is 19.5 Å². The van der Waals surface area contributed by atoms with E-state index in [9.17, 15) is 13.2 Å². The zero-order valence-corrected chi connectivity index (χ0v) is 9.37. The second kappa shape index (κ2) is 5.02. The lowest BCUT2D eigenvalue weighted by atomic mass is 10.4. The molecule has 0 bridgehead atoms. The highest BCUT2D eigenvalue weighted by Crippen LogP contribution is 2.24. The molecule has 17 heavy (non-hydrogen) atoms. The maximum absolute atomic E-state index is 12.3. The van der Waals surface area contributed by atoms with Crippen LogP contribution in [0, 0.1) is 0 Å². The molecule has 0 saturated heterocycles. The molecule has 1 N–H and O–H groups in total. The maximum atomic E-state index is 12.3. The van der Waals surface area contributed by atoms with Crippen LogP contribution >= 0.6 is 0 Å². The Bertz CT molecular complexity index is 363. The van der Waals surface area contributed by atoms with E-state index < -0.39 is 18.3 Å². The van der Waals surface area contributed by atoms with Gasteiger partial charge in [0.1, 0.15) is 0 Å². The molecule has 6 nitrogen and oxygen atoms in total. The molecule has 0 amide bonds. The first-order chi connectivity index (χ1) is 7.86. The van der Waals surface area contributed by atoms with Crippen molar-refractivity contribution in [3.05, 3.63) is 0 Å². The van der Waals surface area contributed by atoms with Crippen LogP contribution in [0.25, 0.3) is 0 Å². The Morgan fingerprint density at radius 3 is 2.24 bits per heavy atom. The van der Waals surface area contributed by atoms with Gasteiger partial charge in [0.15, 0.2) is 6.10 Å². The van der Waals surface area contributed by atoms with Crippen LogP contribution < -0.4 is 14.8 Å². The minimum atomic E-state index is -4.49. The van der Waals surface area contributed by atoms with Gasteiger partial charge in [0.2, 0.25) is 5.95 Å². The quantitative estimate of drug-likeness (QED) is 0.869. The summed E-state index contributed by atoms with van der Waals surface area (Å²) < 4.78 is 46.0. The molecule has 0 spiro atoms. The van der Waals surface area contributed by atoms with Crippen molar-refractivity contribution < 1.29 is 22.6 Å². The van der Waals surface area contributed by atoms with Gasteiger partial charge in [-0.15, -0.1) is 4.98 Å². The van der Waals surface area contributed by atoms with Gasteiger partial charge in [0.25, 0.3) is 0 Å². The van der Waals surface area contributed by atoms with Gasteiger partial charge < -0.3 is 14.8 Å². The van der Waals surface area contributed by atoms with Gasteiger partial charge in [-0.3, -0.25) is 0 Å². The van der Waals surface area contributed by atoms with E-state index in [4.69, 9.17) is 4.74 Å². The second-order valence-electron chi connectivity index (χ2n) is 2.98. The number of hydrogen-bond donors (Lipinski definition) is 1. The van der Waals surface area contributed by atoms with Gasteiger partial charge in [-0.25, -0.2) is 0 Å². The summed E-state index contributed by atoms with van der Waals surface area (Å²) in [5.74, 6) is 0.0567. The highest BCUT2D eigenvalue weighted by Gasteiger charge is 2.38. The number of anilines is 1. The largest absolute Gasteiger partial charge is 0.467 e. The molecule has 0 radical (unpaired) electrons. The van der Waals surface area contributed by atoms with Crippen LogP contribution in [0.15, 0.2) is 0 Å². The Hall–Kier alpha value is -1.80. The highest BCUT2D eigenvalue weighted by molar-refractivity contribution is 5.26. The summed E-state index contributed by atoms with van der Waals surface area (Å²) in [6.07, 6.45) is -6.50. The molecule has 0 fully saturated rings. The van der Waals surface area contributed by atoms with Gasteiger partial charge in [0, 0.05) is 7.05 Å². The summed E-state index contributed by atoms with van der Waals surface area (Å²) >= 11 is 0. The summed E-state index contributed by atoms with van der Waals surface area (Å²) in [7, 11) is 2.79. The van der Waals surface area contributed by atoms with Crippen LogP contribution in [-0.2, 0) is 0 Å². The Morgan fingerprint density at radius 1 is 1.18 bits per heavy atom. The van der Waals surface area contributed by atoms with E-state index in [0.29, 0.717) is 0 Å². The lowest BCUT2D eigenvalue weighted by Crippen LogP contribution is -2.31. The van der Waals surface area contributed by atoms with Crippen molar-refractivity contribution >= 4 is 5.95 Å². The Kier molecular flexibility index (Phi) is 3.92. The molecular formula is C8H11F3N4O2. The van der Waals surface area contributed by atoms with Crippen molar-refractivity contribution in [2.24, 2.45) is 0 Å². The van der Waals surface area contributed by atoms with Crippen LogP contribution in [0.5, 0.6) is 12.0 Å². The molecular weight excluding hydrogens is 241 g/mol. The summed E-state index contributed by atoms with van der Waals surface area (Å²) in [6, 6.07) is -0.584. The fourth-order valence-electron chi connectivity index (χ4n) is 0.819. The molecule has 1 aromatic heterocycles. The topological polar surface area (TPSA) is 69.2 Å². The van der Waals surface area contributed by atoms with E-state index in [0.717, 1.165) is 6.92 Å². The number of aromatic nitrogens is 3. The molecule has 1 rings (SSSR count). The van der Waals surface area contributed by atoms with E-state index in [1.807, 2.05) is 0 Å². The van der Waals surface area contributed by atoms with Gasteiger partial charge in [0.05, 0.1) is 7.11 Å². The lowest BCUT2D eigenvalue weighted by molar-refractivity contribution is -0.190. The smallest absolute Gasteiger partial charge is 0.425 e. The van der Waals surface area contributed by atoms with Crippen molar-refractivity contribution in [1.29, 1.82) is 0 Å². The molecule has 0 aromatic carbocycles. The minimum absolute atomic E-state index is 0.0567. The predicted molar refractivity (Wildman–Crippen MR) is 52.1 cm³/mol. The molecule has 0 aliphatic carbocycles. The van der Waals surface area contributed by atoms with E-state index in [2.05, 4.69) is 25.0 Å². The van der Waals surface area contributed by atoms with Gasteiger partial charge in [-0.1, -0.05) is 0 Å². The molecule has 0 aliphatic rings. The van der Waals surface area contributed by atoms with E-state index >= 15 is 0 Å². The average molecular weight is 252 g/mol. The normalized spacial score (nSPS) is 13.1. The Balaban J connectivity index is 2.90. The van der Waals surface area contributed by atoms with Crippen LogP contribution in [0.3, 0.4) is 0 Å². The Morgan fingerprint density at radius 2 is 1.76 bits per heavy atom. The zero-order chi connectivity index (χ0) is 13.1. The third kappa shape index (κ3) is 3.61. The molecule has 0 aliphatic heterocycles. The van der Waals surface area contributed by atoms with Crippen molar-refractivity contribution in [3.63, 3.8) is 0 Å². The number of halogens is 3. The monoisotopic (exact) mass is 252 g/mol. The second-order valence-corrected chi connectivity index (χ2v) is 2.98. The van der Waals surface area contributed by atoms with E-state index in [1.54, 1.807) is 0 Å². The van der Waals surface area contributed by atoms with Crippen molar-refractivity contribution in [3.8, 4) is 12.0 Å². The van der Waals surface area contributed by atoms with Crippen molar-refractivity contribution in [2.45, 2.75) is 19.2 Å². The fourth-order valence-corrected chi connectivity index (χ4v) is 0.819. The van der Waals surface area contributed by atoms with Gasteiger partial charge in [-0.05, 0) is 6.92 Å². The number of ether oxygens (including phenoxy) is 2. The minimum Gasteiger partial charge on any atom is -0.467 e. The third-order valence-corrected chi connectivity index (χ3v) is 1.74. The molecule has 1 aromatic rings. The van der Waals surface area contributed by atoms with Crippen LogP contribution in [0.2, 0.25) is 0 Å². The van der Waals surface area contributed by atoms with E-state index in [1.165, 1.54) is 14.2 Å². The molecule has 1 atom stereocenters. The Labute approximate surface area is 95.2 Å². The van der Waals surface area contributed by atoms with Crippen molar-refractivity contribution in [1.82, 2.24) is 15.0 Å². The molecule has 1 heterocycles. The predicted octanol–water partition coefficient (Wildman–Crippen LogP) is 1.25. The summed E-state index contributed by atoms with van der Waals surface area (Å²) in [4.78, 5) is 10.9. The average Bonchev–Trinajstić information content (AvgIpc) is 2.27. The van der Waals surface area contributed by atoms with Crippen LogP contribution in [0.1, 0.15) is 6.92 Å².